The van der Waals surface area contributed by atoms with Crippen LogP contribution in [-0.4, -0.2) is 60.9 Å². The average Bonchev–Trinajstić information content (AvgIpc) is 3.18. The van der Waals surface area contributed by atoms with Crippen LogP contribution in [0.4, 0.5) is 5.69 Å². The monoisotopic (exact) mass is 420 g/mol. The van der Waals surface area contributed by atoms with E-state index in [0.29, 0.717) is 17.3 Å². The van der Waals surface area contributed by atoms with E-state index in [9.17, 15) is 9.59 Å². The number of carbonyl (C=O) groups excluding carboxylic acids is 2. The molecule has 8 heteroatoms. The lowest BCUT2D eigenvalue weighted by molar-refractivity contribution is -0.125. The van der Waals surface area contributed by atoms with E-state index in [0.717, 1.165) is 38.3 Å². The summed E-state index contributed by atoms with van der Waals surface area (Å²) < 4.78 is 0. The molecule has 28 heavy (non-hydrogen) atoms. The zero-order valence-corrected chi connectivity index (χ0v) is 17.5. The van der Waals surface area contributed by atoms with Crippen molar-refractivity contribution in [3.8, 4) is 0 Å². The number of piperazine rings is 1. The Bertz CT molecular complexity index is 805. The third-order valence-electron chi connectivity index (χ3n) is 4.78. The van der Waals surface area contributed by atoms with Gasteiger partial charge in [0.2, 0.25) is 11.8 Å². The summed E-state index contributed by atoms with van der Waals surface area (Å²) in [6, 6.07) is 9.57. The van der Waals surface area contributed by atoms with Crippen molar-refractivity contribution in [2.75, 3.05) is 44.6 Å². The Morgan fingerprint density at radius 3 is 2.54 bits per heavy atom. The molecule has 0 atom stereocenters. The van der Waals surface area contributed by atoms with Gasteiger partial charge in [-0.1, -0.05) is 23.7 Å². The van der Waals surface area contributed by atoms with E-state index in [-0.39, 0.29) is 18.4 Å². The van der Waals surface area contributed by atoms with Gasteiger partial charge in [-0.15, -0.1) is 11.3 Å². The van der Waals surface area contributed by atoms with Crippen LogP contribution in [0, 0.1) is 6.92 Å². The predicted octanol–water partition coefficient (Wildman–Crippen LogP) is 2.58. The van der Waals surface area contributed by atoms with E-state index in [1.54, 1.807) is 29.5 Å². The van der Waals surface area contributed by atoms with Crippen molar-refractivity contribution in [1.82, 2.24) is 15.1 Å². The Kier molecular flexibility index (Phi) is 7.44. The number of nitrogens with zero attached hydrogens (tertiary/aromatic N) is 2. The van der Waals surface area contributed by atoms with Gasteiger partial charge in [0.15, 0.2) is 0 Å². The van der Waals surface area contributed by atoms with Crippen molar-refractivity contribution in [1.29, 1.82) is 0 Å². The Hall–Kier alpha value is -1.93. The average molecular weight is 421 g/mol. The highest BCUT2D eigenvalue weighted by molar-refractivity contribution is 7.09. The fourth-order valence-corrected chi connectivity index (χ4v) is 4.02. The summed E-state index contributed by atoms with van der Waals surface area (Å²) in [6.45, 7) is 6.67. The maximum atomic E-state index is 12.2. The van der Waals surface area contributed by atoms with Gasteiger partial charge in [-0.25, -0.2) is 0 Å². The Balaban J connectivity index is 1.35. The normalized spacial score (nSPS) is 15.4. The first-order valence-corrected chi connectivity index (χ1v) is 10.6. The third-order valence-corrected chi connectivity index (χ3v) is 6.05. The van der Waals surface area contributed by atoms with Crippen LogP contribution >= 0.6 is 22.9 Å². The van der Waals surface area contributed by atoms with Crippen LogP contribution in [0.2, 0.25) is 5.02 Å². The van der Waals surface area contributed by atoms with Crippen LogP contribution in [0.1, 0.15) is 10.4 Å². The first-order chi connectivity index (χ1) is 13.5. The number of thiophene rings is 1. The molecule has 2 aromatic rings. The highest BCUT2D eigenvalue weighted by atomic mass is 35.5. The van der Waals surface area contributed by atoms with Crippen molar-refractivity contribution < 1.29 is 9.59 Å². The summed E-state index contributed by atoms with van der Waals surface area (Å²) in [4.78, 5) is 30.1. The van der Waals surface area contributed by atoms with Crippen LogP contribution in [0.3, 0.4) is 0 Å². The minimum Gasteiger partial charge on any atom is -0.346 e. The largest absolute Gasteiger partial charge is 0.346 e. The maximum absolute atomic E-state index is 12.2. The smallest absolute Gasteiger partial charge is 0.243 e. The lowest BCUT2D eigenvalue weighted by atomic mass is 10.2. The van der Waals surface area contributed by atoms with Gasteiger partial charge in [0.05, 0.1) is 13.1 Å². The lowest BCUT2D eigenvalue weighted by Gasteiger charge is -2.34. The van der Waals surface area contributed by atoms with E-state index >= 15 is 0 Å². The third kappa shape index (κ3) is 6.04. The minimum absolute atomic E-state index is 0.0525. The van der Waals surface area contributed by atoms with Gasteiger partial charge < -0.3 is 10.6 Å². The van der Waals surface area contributed by atoms with Gasteiger partial charge >= 0.3 is 0 Å². The molecule has 2 N–H and O–H groups in total. The van der Waals surface area contributed by atoms with Crippen LogP contribution in [0.5, 0.6) is 0 Å². The second-order valence-corrected chi connectivity index (χ2v) is 8.31. The van der Waals surface area contributed by atoms with E-state index in [1.165, 1.54) is 4.88 Å². The van der Waals surface area contributed by atoms with Crippen molar-refractivity contribution in [3.63, 3.8) is 0 Å². The number of hydrogen-bond donors (Lipinski definition) is 2. The van der Waals surface area contributed by atoms with Gasteiger partial charge in [0, 0.05) is 48.3 Å². The van der Waals surface area contributed by atoms with Gasteiger partial charge in [-0.05, 0) is 36.1 Å². The highest BCUT2D eigenvalue weighted by Gasteiger charge is 2.19. The number of halogens is 1. The first kappa shape index (κ1) is 20.8. The van der Waals surface area contributed by atoms with E-state index < -0.39 is 0 Å². The van der Waals surface area contributed by atoms with Crippen LogP contribution in [-0.2, 0) is 16.1 Å². The van der Waals surface area contributed by atoms with Gasteiger partial charge in [0.1, 0.15) is 0 Å². The number of nitrogens with one attached hydrogen (secondary N) is 2. The molecular weight excluding hydrogens is 396 g/mol. The van der Waals surface area contributed by atoms with Crippen LogP contribution in [0.25, 0.3) is 0 Å². The SMILES string of the molecule is Cc1c(Cl)cccc1NC(=O)CNC(=O)CN1CCN(Cc2cccs2)CC1. The molecule has 0 saturated carbocycles. The summed E-state index contributed by atoms with van der Waals surface area (Å²) in [5.74, 6) is -0.399. The topological polar surface area (TPSA) is 64.7 Å². The van der Waals surface area contributed by atoms with Crippen LogP contribution < -0.4 is 10.6 Å². The molecule has 0 radical (unpaired) electrons. The molecular formula is C20H25ClN4O2S. The van der Waals surface area contributed by atoms with E-state index in [4.69, 9.17) is 11.6 Å². The molecule has 1 saturated heterocycles. The highest BCUT2D eigenvalue weighted by Crippen LogP contribution is 2.22. The summed E-state index contributed by atoms with van der Waals surface area (Å²) in [5.41, 5.74) is 1.47. The summed E-state index contributed by atoms with van der Waals surface area (Å²) in [7, 11) is 0. The quantitative estimate of drug-likeness (QED) is 0.722. The number of amides is 2. The molecule has 1 fully saturated rings. The molecule has 2 amide bonds. The molecule has 1 aliphatic heterocycles. The zero-order valence-electron chi connectivity index (χ0n) is 15.9. The zero-order chi connectivity index (χ0) is 19.9. The molecule has 2 heterocycles. The Morgan fingerprint density at radius 2 is 1.82 bits per heavy atom. The van der Waals surface area contributed by atoms with Crippen LogP contribution in [0.15, 0.2) is 35.7 Å². The number of hydrogen-bond acceptors (Lipinski definition) is 5. The van der Waals surface area contributed by atoms with Crippen molar-refractivity contribution in [3.05, 3.63) is 51.2 Å². The van der Waals surface area contributed by atoms with Gasteiger partial charge in [-0.3, -0.25) is 19.4 Å². The molecule has 0 spiro atoms. The second kappa shape index (κ2) is 10.0. The summed E-state index contributed by atoms with van der Waals surface area (Å²) in [5, 5.41) is 8.17. The number of rotatable bonds is 7. The Morgan fingerprint density at radius 1 is 1.07 bits per heavy atom. The summed E-state index contributed by atoms with van der Waals surface area (Å²) >= 11 is 7.83. The summed E-state index contributed by atoms with van der Waals surface area (Å²) in [6.07, 6.45) is 0. The fourth-order valence-electron chi connectivity index (χ4n) is 3.10. The Labute approximate surface area is 174 Å². The van der Waals surface area contributed by atoms with Crippen molar-refractivity contribution >= 4 is 40.4 Å². The second-order valence-electron chi connectivity index (χ2n) is 6.87. The molecule has 6 nitrogen and oxygen atoms in total. The molecule has 1 aromatic heterocycles. The molecule has 1 aliphatic rings. The lowest BCUT2D eigenvalue weighted by Crippen LogP contribution is -2.49. The first-order valence-electron chi connectivity index (χ1n) is 9.30. The molecule has 0 unspecified atom stereocenters. The van der Waals surface area contributed by atoms with Gasteiger partial charge in [-0.2, -0.15) is 0 Å². The molecule has 0 aliphatic carbocycles. The fraction of sp³-hybridized carbons (Fsp3) is 0.400. The molecule has 3 rings (SSSR count). The van der Waals surface area contributed by atoms with Gasteiger partial charge in [0.25, 0.3) is 0 Å². The minimum atomic E-state index is -0.264. The molecule has 150 valence electrons. The standard InChI is InChI=1S/C20H25ClN4O2S/c1-15-17(21)5-2-6-18(15)23-19(26)12-22-20(27)14-25-9-7-24(8-10-25)13-16-4-3-11-28-16/h2-6,11H,7-10,12-14H2,1H3,(H,22,27)(H,23,26). The predicted molar refractivity (Wildman–Crippen MR) is 114 cm³/mol. The van der Waals surface area contributed by atoms with E-state index in [1.807, 2.05) is 6.92 Å². The number of benzene rings is 1. The number of carbonyl (C=O) groups is 2. The number of anilines is 1. The van der Waals surface area contributed by atoms with E-state index in [2.05, 4.69) is 37.9 Å². The molecule has 0 bridgehead atoms. The van der Waals surface area contributed by atoms with Crippen molar-refractivity contribution in [2.24, 2.45) is 0 Å². The molecule has 1 aromatic carbocycles. The maximum Gasteiger partial charge on any atom is 0.243 e. The van der Waals surface area contributed by atoms with Crippen molar-refractivity contribution in [2.45, 2.75) is 13.5 Å².